The number of aromatic nitrogens is 2. The number of nitrogens with one attached hydrogen (secondary N) is 2. The molecule has 1 aliphatic heterocycles. The second-order valence-corrected chi connectivity index (χ2v) is 7.16. The summed E-state index contributed by atoms with van der Waals surface area (Å²) in [4.78, 5) is 30.2. The van der Waals surface area contributed by atoms with Gasteiger partial charge in [-0.3, -0.25) is 4.79 Å². The Hall–Kier alpha value is -3.82. The molecule has 1 aromatic heterocycles. The molecule has 2 heterocycles. The van der Waals surface area contributed by atoms with Gasteiger partial charge in [-0.25, -0.2) is 13.6 Å². The fraction of sp³-hybridized carbons (Fsp3) is 0.238. The van der Waals surface area contributed by atoms with E-state index < -0.39 is 11.8 Å². The van der Waals surface area contributed by atoms with Gasteiger partial charge >= 0.3 is 6.03 Å². The highest BCUT2D eigenvalue weighted by Gasteiger charge is 2.33. The summed E-state index contributed by atoms with van der Waals surface area (Å²) in [5, 5.41) is 9.06. The zero-order chi connectivity index (χ0) is 21.8. The number of amides is 3. The maximum absolute atomic E-state index is 13.0. The average Bonchev–Trinajstić information content (AvgIpc) is 3.37. The molecule has 4 rings (SSSR count). The Morgan fingerprint density at radius 1 is 1.10 bits per heavy atom. The second-order valence-electron chi connectivity index (χ2n) is 7.16. The number of benzene rings is 2. The largest absolute Gasteiger partial charge is 0.338 e. The molecule has 0 aliphatic carbocycles. The van der Waals surface area contributed by atoms with Crippen LogP contribution in [0, 0.1) is 11.6 Å². The summed E-state index contributed by atoms with van der Waals surface area (Å²) < 4.78 is 31.1. The standard InChI is InChI=1S/C21H19F2N5O3/c22-15-3-1-13(2-4-15)11-28-12-14(9-19(28)29)20-26-18(31-27-20)10-24-21(30)25-17-7-5-16(23)6-8-17/h1-8,14H,9-12H2,(H2,24,25,30)/t14-/m1/s1. The molecule has 8 nitrogen and oxygen atoms in total. The van der Waals surface area contributed by atoms with Gasteiger partial charge in [0.25, 0.3) is 0 Å². The Morgan fingerprint density at radius 3 is 2.48 bits per heavy atom. The molecular weight excluding hydrogens is 408 g/mol. The zero-order valence-electron chi connectivity index (χ0n) is 16.3. The monoisotopic (exact) mass is 427 g/mol. The molecule has 3 amide bonds. The number of urea groups is 1. The van der Waals surface area contributed by atoms with Crippen molar-refractivity contribution in [2.24, 2.45) is 0 Å². The van der Waals surface area contributed by atoms with Crippen molar-refractivity contribution >= 4 is 17.6 Å². The SMILES string of the molecule is O=C(NCc1nc([C@@H]2CC(=O)N(Cc3ccc(F)cc3)C2)no1)Nc1ccc(F)cc1. The molecule has 31 heavy (non-hydrogen) atoms. The number of carbonyl (C=O) groups excluding carboxylic acids is 2. The van der Waals surface area contributed by atoms with E-state index in [-0.39, 0.29) is 36.5 Å². The number of halogens is 2. The van der Waals surface area contributed by atoms with Crippen LogP contribution in [0.4, 0.5) is 19.3 Å². The van der Waals surface area contributed by atoms with Gasteiger partial charge in [0.15, 0.2) is 5.82 Å². The van der Waals surface area contributed by atoms with Crippen LogP contribution in [0.1, 0.15) is 29.6 Å². The van der Waals surface area contributed by atoms with Gasteiger partial charge in [0.2, 0.25) is 11.8 Å². The highest BCUT2D eigenvalue weighted by molar-refractivity contribution is 5.89. The number of hydrogen-bond acceptors (Lipinski definition) is 5. The van der Waals surface area contributed by atoms with E-state index >= 15 is 0 Å². The summed E-state index contributed by atoms with van der Waals surface area (Å²) >= 11 is 0. The minimum Gasteiger partial charge on any atom is -0.338 e. The van der Waals surface area contributed by atoms with Gasteiger partial charge in [-0.1, -0.05) is 17.3 Å². The highest BCUT2D eigenvalue weighted by Crippen LogP contribution is 2.27. The second kappa shape index (κ2) is 8.90. The quantitative estimate of drug-likeness (QED) is 0.629. The Kier molecular flexibility index (Phi) is 5.87. The van der Waals surface area contributed by atoms with Crippen LogP contribution in [0.15, 0.2) is 53.1 Å². The molecule has 1 fully saturated rings. The predicted octanol–water partition coefficient (Wildman–Crippen LogP) is 3.19. The van der Waals surface area contributed by atoms with E-state index in [1.165, 1.54) is 36.4 Å². The maximum Gasteiger partial charge on any atom is 0.319 e. The van der Waals surface area contributed by atoms with E-state index in [0.29, 0.717) is 24.6 Å². The molecule has 3 aromatic rings. The maximum atomic E-state index is 13.0. The van der Waals surface area contributed by atoms with Crippen molar-refractivity contribution in [3.63, 3.8) is 0 Å². The molecule has 2 N–H and O–H groups in total. The van der Waals surface area contributed by atoms with Crippen LogP contribution in [0.2, 0.25) is 0 Å². The van der Waals surface area contributed by atoms with Gasteiger partial charge in [-0.05, 0) is 42.0 Å². The predicted molar refractivity (Wildman–Crippen MR) is 106 cm³/mol. The van der Waals surface area contributed by atoms with Crippen LogP contribution >= 0.6 is 0 Å². The van der Waals surface area contributed by atoms with Crippen LogP contribution in [-0.4, -0.2) is 33.5 Å². The van der Waals surface area contributed by atoms with Crippen molar-refractivity contribution in [3.8, 4) is 0 Å². The Balaban J connectivity index is 1.29. The number of likely N-dealkylation sites (tertiary alicyclic amines) is 1. The average molecular weight is 427 g/mol. The van der Waals surface area contributed by atoms with E-state index in [1.54, 1.807) is 17.0 Å². The smallest absolute Gasteiger partial charge is 0.319 e. The molecular formula is C21H19F2N5O3. The molecule has 160 valence electrons. The molecule has 2 aromatic carbocycles. The fourth-order valence-corrected chi connectivity index (χ4v) is 3.28. The lowest BCUT2D eigenvalue weighted by atomic mass is 10.1. The molecule has 0 saturated carbocycles. The summed E-state index contributed by atoms with van der Waals surface area (Å²) in [7, 11) is 0. The molecule has 1 saturated heterocycles. The minimum atomic E-state index is -0.507. The van der Waals surface area contributed by atoms with Gasteiger partial charge in [0.05, 0.1) is 6.54 Å². The summed E-state index contributed by atoms with van der Waals surface area (Å²) in [5.41, 5.74) is 1.27. The van der Waals surface area contributed by atoms with Gasteiger partial charge in [0.1, 0.15) is 11.6 Å². The van der Waals surface area contributed by atoms with Crippen LogP contribution < -0.4 is 10.6 Å². The first-order chi connectivity index (χ1) is 15.0. The summed E-state index contributed by atoms with van der Waals surface area (Å²) in [6, 6.07) is 10.9. The van der Waals surface area contributed by atoms with Crippen LogP contribution in [0.5, 0.6) is 0 Å². The minimum absolute atomic E-state index is 0.0000117. The van der Waals surface area contributed by atoms with Crippen molar-refractivity contribution < 1.29 is 22.9 Å². The molecule has 0 radical (unpaired) electrons. The van der Waals surface area contributed by atoms with Gasteiger partial charge < -0.3 is 20.1 Å². The first-order valence-electron chi connectivity index (χ1n) is 9.61. The van der Waals surface area contributed by atoms with E-state index in [0.717, 1.165) is 5.56 Å². The lowest BCUT2D eigenvalue weighted by Crippen LogP contribution is -2.28. The normalized spacial score (nSPS) is 15.9. The lowest BCUT2D eigenvalue weighted by Gasteiger charge is -2.16. The third kappa shape index (κ3) is 5.21. The van der Waals surface area contributed by atoms with Crippen molar-refractivity contribution in [1.29, 1.82) is 0 Å². The van der Waals surface area contributed by atoms with E-state index in [2.05, 4.69) is 20.8 Å². The first kappa shape index (κ1) is 20.5. The van der Waals surface area contributed by atoms with Crippen molar-refractivity contribution in [1.82, 2.24) is 20.4 Å². The van der Waals surface area contributed by atoms with Crippen molar-refractivity contribution in [3.05, 3.63) is 77.4 Å². The number of nitrogens with zero attached hydrogens (tertiary/aromatic N) is 3. The Labute approximate surface area is 176 Å². The number of hydrogen-bond donors (Lipinski definition) is 2. The summed E-state index contributed by atoms with van der Waals surface area (Å²) in [6.07, 6.45) is 0.249. The number of carbonyl (C=O) groups is 2. The first-order valence-corrected chi connectivity index (χ1v) is 9.61. The third-order valence-electron chi connectivity index (χ3n) is 4.85. The number of anilines is 1. The van der Waals surface area contributed by atoms with E-state index in [9.17, 15) is 18.4 Å². The summed E-state index contributed by atoms with van der Waals surface area (Å²) in [5.74, 6) is -0.394. The molecule has 1 aliphatic rings. The molecule has 0 spiro atoms. The topological polar surface area (TPSA) is 100 Å². The van der Waals surface area contributed by atoms with E-state index in [1.807, 2.05) is 0 Å². The van der Waals surface area contributed by atoms with Gasteiger partial charge in [0, 0.05) is 31.1 Å². The Bertz CT molecular complexity index is 1070. The molecule has 0 bridgehead atoms. The highest BCUT2D eigenvalue weighted by atomic mass is 19.1. The molecule has 10 heteroatoms. The zero-order valence-corrected chi connectivity index (χ0v) is 16.3. The third-order valence-corrected chi connectivity index (χ3v) is 4.85. The van der Waals surface area contributed by atoms with Gasteiger partial charge in [-0.2, -0.15) is 4.98 Å². The number of rotatable bonds is 6. The van der Waals surface area contributed by atoms with Crippen molar-refractivity contribution in [2.75, 3.05) is 11.9 Å². The lowest BCUT2D eigenvalue weighted by molar-refractivity contribution is -0.128. The van der Waals surface area contributed by atoms with Crippen LogP contribution in [-0.2, 0) is 17.9 Å². The van der Waals surface area contributed by atoms with Crippen LogP contribution in [0.25, 0.3) is 0 Å². The van der Waals surface area contributed by atoms with Crippen molar-refractivity contribution in [2.45, 2.75) is 25.4 Å². The molecule has 0 unspecified atom stereocenters. The van der Waals surface area contributed by atoms with E-state index in [4.69, 9.17) is 4.52 Å². The Morgan fingerprint density at radius 2 is 1.77 bits per heavy atom. The van der Waals surface area contributed by atoms with Crippen LogP contribution in [0.3, 0.4) is 0 Å². The van der Waals surface area contributed by atoms with Gasteiger partial charge in [-0.15, -0.1) is 0 Å². The fourth-order valence-electron chi connectivity index (χ4n) is 3.28. The molecule has 1 atom stereocenters. The summed E-state index contributed by atoms with van der Waals surface area (Å²) in [6.45, 7) is 0.805.